The third kappa shape index (κ3) is 4.56. The summed E-state index contributed by atoms with van der Waals surface area (Å²) in [5.41, 5.74) is 1.64. The first-order chi connectivity index (χ1) is 14.1. The van der Waals surface area contributed by atoms with Crippen molar-refractivity contribution in [2.75, 3.05) is 33.0 Å². The second kappa shape index (κ2) is 8.34. The van der Waals surface area contributed by atoms with Crippen LogP contribution in [0.15, 0.2) is 48.5 Å². The van der Waals surface area contributed by atoms with Crippen molar-refractivity contribution in [3.05, 3.63) is 65.5 Å². The van der Waals surface area contributed by atoms with Gasteiger partial charge in [0.2, 0.25) is 18.6 Å². The molecular formula is C22H21FN2O4. The summed E-state index contributed by atoms with van der Waals surface area (Å²) in [6, 6.07) is 11.5. The standard InChI is InChI=1S/C22H21FN2O4/c23-18-5-1-17(2-6-18)14-22(27)25-11-9-24(10-12-25)21(26)8-4-16-3-7-19-20(13-16)29-15-28-19/h1-8,13H,9-12,14-15H2/b8-4+. The van der Waals surface area contributed by atoms with Crippen LogP contribution < -0.4 is 9.47 Å². The lowest BCUT2D eigenvalue weighted by Gasteiger charge is -2.34. The SMILES string of the molecule is O=C(/C=C/c1ccc2c(c1)OCO2)N1CCN(C(=O)Cc2ccc(F)cc2)CC1. The fourth-order valence-corrected chi connectivity index (χ4v) is 3.35. The molecule has 0 N–H and O–H groups in total. The molecule has 7 heteroatoms. The largest absolute Gasteiger partial charge is 0.454 e. The highest BCUT2D eigenvalue weighted by Gasteiger charge is 2.23. The molecule has 2 aliphatic rings. The van der Waals surface area contributed by atoms with Gasteiger partial charge < -0.3 is 19.3 Å². The summed E-state index contributed by atoms with van der Waals surface area (Å²) in [7, 11) is 0. The van der Waals surface area contributed by atoms with E-state index in [2.05, 4.69) is 0 Å². The number of hydrogen-bond donors (Lipinski definition) is 0. The summed E-state index contributed by atoms with van der Waals surface area (Å²) in [5, 5.41) is 0. The van der Waals surface area contributed by atoms with E-state index in [-0.39, 0.29) is 30.8 Å². The topological polar surface area (TPSA) is 59.1 Å². The minimum Gasteiger partial charge on any atom is -0.454 e. The summed E-state index contributed by atoms with van der Waals surface area (Å²) in [6.07, 6.45) is 3.52. The molecule has 0 radical (unpaired) electrons. The summed E-state index contributed by atoms with van der Waals surface area (Å²) < 4.78 is 23.6. The molecule has 0 unspecified atom stereocenters. The third-order valence-corrected chi connectivity index (χ3v) is 5.03. The molecule has 2 aromatic rings. The molecule has 0 aliphatic carbocycles. The van der Waals surface area contributed by atoms with Crippen LogP contribution in [0.1, 0.15) is 11.1 Å². The van der Waals surface area contributed by atoms with Crippen molar-refractivity contribution in [3.8, 4) is 11.5 Å². The monoisotopic (exact) mass is 396 g/mol. The van der Waals surface area contributed by atoms with Gasteiger partial charge in [-0.2, -0.15) is 0 Å². The average molecular weight is 396 g/mol. The van der Waals surface area contributed by atoms with Gasteiger partial charge in [-0.05, 0) is 41.5 Å². The molecule has 2 aliphatic heterocycles. The number of piperazine rings is 1. The van der Waals surface area contributed by atoms with Crippen LogP contribution in [0.5, 0.6) is 11.5 Å². The second-order valence-corrected chi connectivity index (χ2v) is 6.96. The molecule has 0 spiro atoms. The molecule has 150 valence electrons. The Morgan fingerprint density at radius 1 is 0.931 bits per heavy atom. The van der Waals surface area contributed by atoms with E-state index in [1.807, 2.05) is 18.2 Å². The minimum absolute atomic E-state index is 0.0143. The van der Waals surface area contributed by atoms with Gasteiger partial charge in [0, 0.05) is 32.3 Å². The second-order valence-electron chi connectivity index (χ2n) is 6.96. The van der Waals surface area contributed by atoms with E-state index in [0.29, 0.717) is 37.7 Å². The molecule has 2 aromatic carbocycles. The summed E-state index contributed by atoms with van der Waals surface area (Å²) >= 11 is 0. The Morgan fingerprint density at radius 2 is 1.62 bits per heavy atom. The molecule has 0 saturated carbocycles. The van der Waals surface area contributed by atoms with Gasteiger partial charge in [-0.15, -0.1) is 0 Å². The van der Waals surface area contributed by atoms with Crippen LogP contribution in [0.4, 0.5) is 4.39 Å². The van der Waals surface area contributed by atoms with Crippen molar-refractivity contribution in [3.63, 3.8) is 0 Å². The summed E-state index contributed by atoms with van der Waals surface area (Å²) in [4.78, 5) is 28.3. The maximum atomic E-state index is 13.0. The van der Waals surface area contributed by atoms with Gasteiger partial charge in [0.25, 0.3) is 0 Å². The van der Waals surface area contributed by atoms with Crippen LogP contribution in [0.25, 0.3) is 6.08 Å². The quantitative estimate of drug-likeness (QED) is 0.745. The van der Waals surface area contributed by atoms with Crippen molar-refractivity contribution >= 4 is 17.9 Å². The molecule has 1 fully saturated rings. The highest BCUT2D eigenvalue weighted by atomic mass is 19.1. The Balaban J connectivity index is 1.28. The van der Waals surface area contributed by atoms with Gasteiger partial charge in [0.05, 0.1) is 6.42 Å². The number of rotatable bonds is 4. The number of halogens is 1. The number of benzene rings is 2. The van der Waals surface area contributed by atoms with Crippen molar-refractivity contribution in [2.24, 2.45) is 0 Å². The van der Waals surface area contributed by atoms with Gasteiger partial charge in [0.1, 0.15) is 5.82 Å². The Kier molecular flexibility index (Phi) is 5.46. The smallest absolute Gasteiger partial charge is 0.246 e. The molecule has 4 rings (SSSR count). The van der Waals surface area contributed by atoms with Crippen molar-refractivity contribution < 1.29 is 23.5 Å². The van der Waals surface area contributed by atoms with Crippen molar-refractivity contribution in [2.45, 2.75) is 6.42 Å². The predicted octanol–water partition coefficient (Wildman–Crippen LogP) is 2.48. The third-order valence-electron chi connectivity index (χ3n) is 5.03. The summed E-state index contributed by atoms with van der Waals surface area (Å²) in [6.45, 7) is 2.16. The number of ether oxygens (including phenoxy) is 2. The van der Waals surface area contributed by atoms with Gasteiger partial charge in [0.15, 0.2) is 11.5 Å². The van der Waals surface area contributed by atoms with E-state index in [4.69, 9.17) is 9.47 Å². The van der Waals surface area contributed by atoms with Crippen molar-refractivity contribution in [1.82, 2.24) is 9.80 Å². The zero-order valence-electron chi connectivity index (χ0n) is 15.8. The van der Waals surface area contributed by atoms with E-state index in [9.17, 15) is 14.0 Å². The van der Waals surface area contributed by atoms with E-state index >= 15 is 0 Å². The van der Waals surface area contributed by atoms with Gasteiger partial charge in [-0.1, -0.05) is 18.2 Å². The van der Waals surface area contributed by atoms with Gasteiger partial charge in [-0.25, -0.2) is 4.39 Å². The normalized spacial score (nSPS) is 15.8. The summed E-state index contributed by atoms with van der Waals surface area (Å²) in [5.74, 6) is 0.956. The van der Waals surface area contributed by atoms with E-state index in [0.717, 1.165) is 11.1 Å². The van der Waals surface area contributed by atoms with Gasteiger partial charge >= 0.3 is 0 Å². The lowest BCUT2D eigenvalue weighted by Crippen LogP contribution is -2.50. The highest BCUT2D eigenvalue weighted by Crippen LogP contribution is 2.32. The number of hydrogen-bond acceptors (Lipinski definition) is 4. The molecule has 0 atom stereocenters. The zero-order valence-corrected chi connectivity index (χ0v) is 15.8. The number of nitrogens with zero attached hydrogens (tertiary/aromatic N) is 2. The van der Waals surface area contributed by atoms with Crippen LogP contribution in [0.3, 0.4) is 0 Å². The average Bonchev–Trinajstić information content (AvgIpc) is 3.21. The first-order valence-electron chi connectivity index (χ1n) is 9.47. The van der Waals surface area contributed by atoms with Crippen LogP contribution >= 0.6 is 0 Å². The molecule has 0 bridgehead atoms. The molecule has 6 nitrogen and oxygen atoms in total. The number of carbonyl (C=O) groups excluding carboxylic acids is 2. The Bertz CT molecular complexity index is 934. The minimum atomic E-state index is -0.317. The Hall–Kier alpha value is -3.35. The van der Waals surface area contributed by atoms with Crippen LogP contribution in [-0.2, 0) is 16.0 Å². The molecule has 2 heterocycles. The van der Waals surface area contributed by atoms with Crippen LogP contribution in [0.2, 0.25) is 0 Å². The lowest BCUT2D eigenvalue weighted by molar-refractivity contribution is -0.136. The van der Waals surface area contributed by atoms with E-state index in [1.54, 1.807) is 28.0 Å². The van der Waals surface area contributed by atoms with Gasteiger partial charge in [-0.3, -0.25) is 9.59 Å². The zero-order chi connectivity index (χ0) is 20.2. The number of carbonyl (C=O) groups is 2. The van der Waals surface area contributed by atoms with Crippen LogP contribution in [0, 0.1) is 5.82 Å². The number of fused-ring (bicyclic) bond motifs is 1. The lowest BCUT2D eigenvalue weighted by atomic mass is 10.1. The highest BCUT2D eigenvalue weighted by molar-refractivity contribution is 5.92. The Labute approximate surface area is 168 Å². The first kappa shape index (κ1) is 19.0. The first-order valence-corrected chi connectivity index (χ1v) is 9.47. The fourth-order valence-electron chi connectivity index (χ4n) is 3.35. The molecule has 0 aromatic heterocycles. The molecule has 2 amide bonds. The van der Waals surface area contributed by atoms with E-state index in [1.165, 1.54) is 18.2 Å². The maximum absolute atomic E-state index is 13.0. The molecule has 29 heavy (non-hydrogen) atoms. The van der Waals surface area contributed by atoms with Crippen LogP contribution in [-0.4, -0.2) is 54.6 Å². The molecule has 1 saturated heterocycles. The fraction of sp³-hybridized carbons (Fsp3) is 0.273. The predicted molar refractivity (Wildman–Crippen MR) is 105 cm³/mol. The maximum Gasteiger partial charge on any atom is 0.246 e. The Morgan fingerprint density at radius 3 is 2.38 bits per heavy atom. The number of amides is 2. The van der Waals surface area contributed by atoms with Crippen molar-refractivity contribution in [1.29, 1.82) is 0 Å². The van der Waals surface area contributed by atoms with E-state index < -0.39 is 0 Å². The molecular weight excluding hydrogens is 375 g/mol.